The molecule has 0 N–H and O–H groups in total. The van der Waals surface area contributed by atoms with E-state index < -0.39 is 0 Å². The minimum absolute atomic E-state index is 0.00347. The molecule has 1 amide bonds. The third-order valence-corrected chi connectivity index (χ3v) is 1.49. The molecule has 0 bridgehead atoms. The average Bonchev–Trinajstić information content (AvgIpc) is 1.69. The zero-order valence-electron chi connectivity index (χ0n) is 3.76. The van der Waals surface area contributed by atoms with E-state index in [-0.39, 0.29) is 5.91 Å². The van der Waals surface area contributed by atoms with Gasteiger partial charge in [-0.3, -0.25) is 4.79 Å². The van der Waals surface area contributed by atoms with Gasteiger partial charge in [0, 0.05) is 12.0 Å². The fourth-order valence-corrected chi connectivity index (χ4v) is 0.922. The minimum Gasteiger partial charge on any atom is -0.272 e. The lowest BCUT2D eigenvalue weighted by Crippen LogP contribution is -2.04. The second-order valence-corrected chi connectivity index (χ2v) is 2.25. The number of hydrogen-bond donors (Lipinski definition) is 0. The van der Waals surface area contributed by atoms with Crippen LogP contribution in [-0.4, -0.2) is 23.6 Å². The summed E-state index contributed by atoms with van der Waals surface area (Å²) < 4.78 is 0. The maximum absolute atomic E-state index is 10.2. The number of rotatable bonds is 0. The molecule has 1 aliphatic rings. The summed E-state index contributed by atoms with van der Waals surface area (Å²) >= 11 is 1.60. The van der Waals surface area contributed by atoms with Gasteiger partial charge in [0.1, 0.15) is 0 Å². The highest BCUT2D eigenvalue weighted by Crippen LogP contribution is 2.01. The average molecular weight is 115 g/mol. The highest BCUT2D eigenvalue weighted by Gasteiger charge is 2.00. The summed E-state index contributed by atoms with van der Waals surface area (Å²) in [6, 6.07) is 0. The maximum Gasteiger partial charge on any atom is 0.255 e. The molecule has 0 saturated carbocycles. The van der Waals surface area contributed by atoms with Gasteiger partial charge in [-0.1, -0.05) is 0 Å². The fourth-order valence-electron chi connectivity index (χ4n) is 0.375. The number of amides is 1. The topological polar surface area (TPSA) is 29.4 Å². The first-order chi connectivity index (χ1) is 3.39. The van der Waals surface area contributed by atoms with Crippen LogP contribution in [0.1, 0.15) is 0 Å². The molecule has 7 heavy (non-hydrogen) atoms. The van der Waals surface area contributed by atoms with Crippen molar-refractivity contribution in [2.75, 3.05) is 11.5 Å². The van der Waals surface area contributed by atoms with Crippen LogP contribution in [0.2, 0.25) is 0 Å². The number of carbonyl (C=O) groups is 1. The van der Waals surface area contributed by atoms with Crippen molar-refractivity contribution in [2.24, 2.45) is 4.99 Å². The first-order valence-corrected chi connectivity index (χ1v) is 3.18. The van der Waals surface area contributed by atoms with Gasteiger partial charge in [0.2, 0.25) is 0 Å². The van der Waals surface area contributed by atoms with E-state index in [0.717, 1.165) is 5.75 Å². The van der Waals surface area contributed by atoms with E-state index in [2.05, 4.69) is 4.99 Å². The van der Waals surface area contributed by atoms with Gasteiger partial charge < -0.3 is 0 Å². The third kappa shape index (κ3) is 1.31. The van der Waals surface area contributed by atoms with Crippen LogP contribution in [0.4, 0.5) is 0 Å². The molecule has 3 heteroatoms. The predicted octanol–water partition coefficient (Wildman–Crippen LogP) is 0.331. The first-order valence-electron chi connectivity index (χ1n) is 2.03. The van der Waals surface area contributed by atoms with Crippen LogP contribution in [0.3, 0.4) is 0 Å². The van der Waals surface area contributed by atoms with Crippen LogP contribution in [-0.2, 0) is 4.79 Å². The molecular formula is C4H5NOS. The van der Waals surface area contributed by atoms with Gasteiger partial charge >= 0.3 is 0 Å². The smallest absolute Gasteiger partial charge is 0.255 e. The highest BCUT2D eigenvalue weighted by molar-refractivity contribution is 8.00. The Bertz CT molecular complexity index is 110. The van der Waals surface area contributed by atoms with Gasteiger partial charge in [0.05, 0.1) is 5.75 Å². The second kappa shape index (κ2) is 2.12. The molecule has 0 fully saturated rings. The number of nitrogens with zero attached hydrogens (tertiary/aromatic N) is 1. The number of thioether (sulfide) groups is 1. The van der Waals surface area contributed by atoms with Crippen molar-refractivity contribution in [2.45, 2.75) is 0 Å². The first kappa shape index (κ1) is 4.84. The molecule has 1 rings (SSSR count). The molecule has 38 valence electrons. The van der Waals surface area contributed by atoms with Gasteiger partial charge in [-0.2, -0.15) is 0 Å². The molecule has 0 radical (unpaired) electrons. The van der Waals surface area contributed by atoms with Crippen LogP contribution < -0.4 is 0 Å². The van der Waals surface area contributed by atoms with Gasteiger partial charge in [-0.05, 0) is 0 Å². The lowest BCUT2D eigenvalue weighted by molar-refractivity contribution is -0.115. The summed E-state index contributed by atoms with van der Waals surface area (Å²) in [5.74, 6) is 1.46. The summed E-state index contributed by atoms with van der Waals surface area (Å²) in [5, 5.41) is 0. The Kier molecular flexibility index (Phi) is 1.46. The minimum atomic E-state index is -0.00347. The molecule has 0 aromatic carbocycles. The largest absolute Gasteiger partial charge is 0.272 e. The van der Waals surface area contributed by atoms with E-state index in [9.17, 15) is 4.79 Å². The van der Waals surface area contributed by atoms with Crippen LogP contribution in [0.25, 0.3) is 0 Å². The summed E-state index contributed by atoms with van der Waals surface area (Å²) in [6.07, 6.45) is 1.65. The molecule has 0 atom stereocenters. The lowest BCUT2D eigenvalue weighted by atomic mass is 10.7. The molecule has 0 unspecified atom stereocenters. The Morgan fingerprint density at radius 1 is 1.86 bits per heavy atom. The van der Waals surface area contributed by atoms with Gasteiger partial charge in [-0.15, -0.1) is 11.8 Å². The summed E-state index contributed by atoms with van der Waals surface area (Å²) in [7, 11) is 0. The third-order valence-electron chi connectivity index (χ3n) is 0.653. The van der Waals surface area contributed by atoms with Crippen LogP contribution in [0.15, 0.2) is 4.99 Å². The van der Waals surface area contributed by atoms with E-state index in [0.29, 0.717) is 5.75 Å². The number of aliphatic imine (C=N–C) groups is 1. The van der Waals surface area contributed by atoms with Crippen LogP contribution in [0.5, 0.6) is 0 Å². The summed E-state index contributed by atoms with van der Waals surface area (Å²) in [4.78, 5) is 13.8. The molecule has 0 aromatic rings. The van der Waals surface area contributed by atoms with Gasteiger partial charge in [0.25, 0.3) is 5.91 Å². The van der Waals surface area contributed by atoms with Gasteiger partial charge in [0.15, 0.2) is 0 Å². The summed E-state index contributed by atoms with van der Waals surface area (Å²) in [5.41, 5.74) is 0. The Morgan fingerprint density at radius 3 is 3.00 bits per heavy atom. The van der Waals surface area contributed by atoms with Crippen molar-refractivity contribution >= 4 is 23.9 Å². The normalized spacial score (nSPS) is 20.3. The zero-order valence-corrected chi connectivity index (χ0v) is 4.57. The Balaban J connectivity index is 2.51. The van der Waals surface area contributed by atoms with Crippen molar-refractivity contribution in [3.8, 4) is 0 Å². The zero-order chi connectivity index (χ0) is 5.11. The van der Waals surface area contributed by atoms with Gasteiger partial charge in [-0.25, -0.2) is 4.99 Å². The Labute approximate surface area is 46.0 Å². The van der Waals surface area contributed by atoms with Crippen molar-refractivity contribution < 1.29 is 4.79 Å². The van der Waals surface area contributed by atoms with E-state index in [1.54, 1.807) is 18.0 Å². The van der Waals surface area contributed by atoms with E-state index >= 15 is 0 Å². The quantitative estimate of drug-likeness (QED) is 0.455. The number of carbonyl (C=O) groups excluding carboxylic acids is 1. The van der Waals surface area contributed by atoms with Crippen molar-refractivity contribution in [3.63, 3.8) is 0 Å². The van der Waals surface area contributed by atoms with E-state index in [1.807, 2.05) is 0 Å². The lowest BCUT2D eigenvalue weighted by Gasteiger charge is -1.96. The monoisotopic (exact) mass is 115 g/mol. The van der Waals surface area contributed by atoms with E-state index in [1.165, 1.54) is 0 Å². The SMILES string of the molecule is O=C1CSCC=N1. The number of hydrogen-bond acceptors (Lipinski definition) is 2. The molecule has 1 aliphatic heterocycles. The molecular weight excluding hydrogens is 110 g/mol. The summed E-state index contributed by atoms with van der Waals surface area (Å²) in [6.45, 7) is 0. The van der Waals surface area contributed by atoms with Crippen LogP contribution >= 0.6 is 11.8 Å². The standard InChI is InChI=1S/C4H5NOS/c6-4-3-7-2-1-5-4/h1H,2-3H2. The fraction of sp³-hybridized carbons (Fsp3) is 0.500. The van der Waals surface area contributed by atoms with Crippen molar-refractivity contribution in [1.82, 2.24) is 0 Å². The van der Waals surface area contributed by atoms with Crippen molar-refractivity contribution in [1.29, 1.82) is 0 Å². The predicted molar refractivity (Wildman–Crippen MR) is 30.8 cm³/mol. The highest BCUT2D eigenvalue weighted by atomic mass is 32.2. The Morgan fingerprint density at radius 2 is 2.71 bits per heavy atom. The van der Waals surface area contributed by atoms with Crippen LogP contribution in [0, 0.1) is 0 Å². The molecule has 0 aliphatic carbocycles. The molecule has 1 heterocycles. The van der Waals surface area contributed by atoms with Crippen molar-refractivity contribution in [3.05, 3.63) is 0 Å². The molecule has 0 spiro atoms. The maximum atomic E-state index is 10.2. The molecule has 0 saturated heterocycles. The molecule has 2 nitrogen and oxygen atoms in total. The second-order valence-electron chi connectivity index (χ2n) is 1.22. The Hall–Kier alpha value is -0.310. The molecule has 0 aromatic heterocycles. The van der Waals surface area contributed by atoms with E-state index in [4.69, 9.17) is 0 Å².